The third-order valence-electron chi connectivity index (χ3n) is 3.53. The summed E-state index contributed by atoms with van der Waals surface area (Å²) in [6.07, 6.45) is 4.15. The van der Waals surface area contributed by atoms with Gasteiger partial charge in [0.15, 0.2) is 14.5 Å². The Kier molecular flexibility index (Phi) is 6.39. The first-order valence-corrected chi connectivity index (χ1v) is 10.7. The van der Waals surface area contributed by atoms with Gasteiger partial charge in [-0.3, -0.25) is 4.98 Å². The minimum atomic E-state index is 0.647. The fourth-order valence-electron chi connectivity index (χ4n) is 1.99. The molecule has 130 valence electrons. The second-order valence-corrected chi connectivity index (χ2v) is 8.97. The predicted octanol–water partition coefficient (Wildman–Crippen LogP) is 5.05. The Bertz CT molecular complexity index is 836. The van der Waals surface area contributed by atoms with Crippen molar-refractivity contribution in [2.75, 3.05) is 5.75 Å². The third kappa shape index (κ3) is 4.77. The normalized spacial score (nSPS) is 11.0. The standard InChI is InChI=1S/C17H19N5S3/c1-4-5-10-23-16-21-22-17(25-16)24-15-11(2)12(3)19-14(20-15)13-8-6-7-9-18-13/h6-9H,4-5,10H2,1-3H3. The first-order valence-electron chi connectivity index (χ1n) is 8.08. The molecule has 3 aromatic rings. The first kappa shape index (κ1) is 18.3. The van der Waals surface area contributed by atoms with E-state index in [9.17, 15) is 0 Å². The van der Waals surface area contributed by atoms with Gasteiger partial charge in [0, 0.05) is 23.2 Å². The number of aromatic nitrogens is 5. The second kappa shape index (κ2) is 8.73. The summed E-state index contributed by atoms with van der Waals surface area (Å²) in [6, 6.07) is 5.75. The molecule has 0 amide bonds. The van der Waals surface area contributed by atoms with Crippen molar-refractivity contribution in [1.82, 2.24) is 25.1 Å². The molecule has 0 aliphatic rings. The van der Waals surface area contributed by atoms with Gasteiger partial charge in [-0.15, -0.1) is 10.2 Å². The van der Waals surface area contributed by atoms with Crippen LogP contribution >= 0.6 is 34.9 Å². The minimum absolute atomic E-state index is 0.647. The Morgan fingerprint density at radius 2 is 1.92 bits per heavy atom. The summed E-state index contributed by atoms with van der Waals surface area (Å²) < 4.78 is 1.93. The average molecular weight is 390 g/mol. The molecule has 0 aliphatic heterocycles. The lowest BCUT2D eigenvalue weighted by Gasteiger charge is -2.08. The third-order valence-corrected chi connectivity index (χ3v) is 6.82. The zero-order valence-corrected chi connectivity index (χ0v) is 16.8. The topological polar surface area (TPSA) is 64.5 Å². The largest absolute Gasteiger partial charge is 0.253 e. The van der Waals surface area contributed by atoms with Gasteiger partial charge in [0.25, 0.3) is 0 Å². The summed E-state index contributed by atoms with van der Waals surface area (Å²) in [5.74, 6) is 1.74. The van der Waals surface area contributed by atoms with E-state index in [4.69, 9.17) is 4.98 Å². The summed E-state index contributed by atoms with van der Waals surface area (Å²) in [7, 11) is 0. The Balaban J connectivity index is 1.81. The maximum Gasteiger partial charge on any atom is 0.181 e. The molecule has 25 heavy (non-hydrogen) atoms. The number of nitrogens with zero attached hydrogens (tertiary/aromatic N) is 5. The number of aryl methyl sites for hydroxylation is 1. The van der Waals surface area contributed by atoms with Gasteiger partial charge < -0.3 is 0 Å². The van der Waals surface area contributed by atoms with Crippen LogP contribution in [0.3, 0.4) is 0 Å². The highest BCUT2D eigenvalue weighted by molar-refractivity contribution is 8.03. The number of thioether (sulfide) groups is 1. The second-order valence-electron chi connectivity index (χ2n) is 5.42. The van der Waals surface area contributed by atoms with Crippen molar-refractivity contribution in [3.05, 3.63) is 35.7 Å². The highest BCUT2D eigenvalue weighted by atomic mass is 32.2. The van der Waals surface area contributed by atoms with Crippen LogP contribution in [0.15, 0.2) is 38.1 Å². The van der Waals surface area contributed by atoms with Gasteiger partial charge in [0.1, 0.15) is 10.7 Å². The van der Waals surface area contributed by atoms with E-state index in [1.165, 1.54) is 12.8 Å². The summed E-state index contributed by atoms with van der Waals surface area (Å²) in [6.45, 7) is 6.23. The molecule has 5 nitrogen and oxygen atoms in total. The summed E-state index contributed by atoms with van der Waals surface area (Å²) >= 11 is 4.94. The average Bonchev–Trinajstić information content (AvgIpc) is 3.07. The summed E-state index contributed by atoms with van der Waals surface area (Å²) in [4.78, 5) is 13.6. The Labute approximate surface area is 160 Å². The molecule has 0 radical (unpaired) electrons. The van der Waals surface area contributed by atoms with Crippen molar-refractivity contribution in [2.45, 2.75) is 47.3 Å². The van der Waals surface area contributed by atoms with Crippen LogP contribution in [0.4, 0.5) is 0 Å². The number of hydrogen-bond acceptors (Lipinski definition) is 8. The van der Waals surface area contributed by atoms with Crippen molar-refractivity contribution in [2.24, 2.45) is 0 Å². The van der Waals surface area contributed by atoms with Crippen molar-refractivity contribution >= 4 is 34.9 Å². The molecule has 0 aromatic carbocycles. The van der Waals surface area contributed by atoms with E-state index < -0.39 is 0 Å². The molecule has 0 saturated heterocycles. The van der Waals surface area contributed by atoms with Crippen LogP contribution in [-0.2, 0) is 0 Å². The fourth-order valence-corrected chi connectivity index (χ4v) is 5.21. The molecule has 0 fully saturated rings. The molecule has 0 atom stereocenters. The molecule has 3 rings (SSSR count). The first-order chi connectivity index (χ1) is 12.2. The van der Waals surface area contributed by atoms with Crippen molar-refractivity contribution in [3.63, 3.8) is 0 Å². The molecular weight excluding hydrogens is 370 g/mol. The lowest BCUT2D eigenvalue weighted by molar-refractivity contribution is 0.892. The van der Waals surface area contributed by atoms with E-state index in [0.29, 0.717) is 5.82 Å². The fraction of sp³-hybridized carbons (Fsp3) is 0.353. The Hall–Kier alpha value is -1.51. The van der Waals surface area contributed by atoms with E-state index in [2.05, 4.69) is 27.1 Å². The smallest absolute Gasteiger partial charge is 0.181 e. The van der Waals surface area contributed by atoms with Crippen LogP contribution in [0.25, 0.3) is 11.5 Å². The highest BCUT2D eigenvalue weighted by Gasteiger charge is 2.14. The highest BCUT2D eigenvalue weighted by Crippen LogP contribution is 2.35. The summed E-state index contributed by atoms with van der Waals surface area (Å²) in [5, 5.41) is 9.48. The van der Waals surface area contributed by atoms with E-state index in [-0.39, 0.29) is 0 Å². The van der Waals surface area contributed by atoms with Crippen molar-refractivity contribution in [3.8, 4) is 11.5 Å². The van der Waals surface area contributed by atoms with Crippen molar-refractivity contribution < 1.29 is 0 Å². The van der Waals surface area contributed by atoms with Gasteiger partial charge in [0.2, 0.25) is 0 Å². The minimum Gasteiger partial charge on any atom is -0.253 e. The molecule has 3 aromatic heterocycles. The predicted molar refractivity (Wildman–Crippen MR) is 104 cm³/mol. The molecule has 0 unspecified atom stereocenters. The Morgan fingerprint density at radius 3 is 2.68 bits per heavy atom. The van der Waals surface area contributed by atoms with Crippen LogP contribution < -0.4 is 0 Å². The lowest BCUT2D eigenvalue weighted by atomic mass is 10.2. The lowest BCUT2D eigenvalue weighted by Crippen LogP contribution is -1.99. The van der Waals surface area contributed by atoms with Gasteiger partial charge in [-0.25, -0.2) is 9.97 Å². The van der Waals surface area contributed by atoms with Crippen molar-refractivity contribution in [1.29, 1.82) is 0 Å². The summed E-state index contributed by atoms with van der Waals surface area (Å²) in [5.41, 5.74) is 2.81. The molecule has 3 heterocycles. The molecule has 0 bridgehead atoms. The number of rotatable bonds is 7. The molecule has 0 saturated carbocycles. The quantitative estimate of drug-likeness (QED) is 0.318. The molecule has 0 N–H and O–H groups in total. The SMILES string of the molecule is CCCCSc1nnc(Sc2nc(-c3ccccn3)nc(C)c2C)s1. The van der Waals surface area contributed by atoms with Crippen LogP contribution in [-0.4, -0.2) is 30.9 Å². The molecule has 8 heteroatoms. The zero-order valence-electron chi connectivity index (χ0n) is 14.4. The van der Waals surface area contributed by atoms with Gasteiger partial charge in [-0.1, -0.05) is 42.5 Å². The van der Waals surface area contributed by atoms with Gasteiger partial charge >= 0.3 is 0 Å². The van der Waals surface area contributed by atoms with Crippen LogP contribution in [0.5, 0.6) is 0 Å². The van der Waals surface area contributed by atoms with E-state index in [0.717, 1.165) is 36.4 Å². The van der Waals surface area contributed by atoms with E-state index in [1.54, 1.807) is 41.1 Å². The Morgan fingerprint density at radius 1 is 1.08 bits per heavy atom. The van der Waals surface area contributed by atoms with Gasteiger partial charge in [-0.2, -0.15) is 0 Å². The van der Waals surface area contributed by atoms with Crippen LogP contribution in [0, 0.1) is 13.8 Å². The van der Waals surface area contributed by atoms with Crippen LogP contribution in [0.2, 0.25) is 0 Å². The molecular formula is C17H19N5S3. The number of unbranched alkanes of at least 4 members (excludes halogenated alkanes) is 1. The molecule has 0 spiro atoms. The van der Waals surface area contributed by atoms with Gasteiger partial charge in [0.05, 0.1) is 0 Å². The monoisotopic (exact) mass is 389 g/mol. The zero-order chi connectivity index (χ0) is 17.6. The number of hydrogen-bond donors (Lipinski definition) is 0. The van der Waals surface area contributed by atoms with Crippen LogP contribution in [0.1, 0.15) is 31.0 Å². The number of pyridine rings is 1. The molecule has 0 aliphatic carbocycles. The van der Waals surface area contributed by atoms with E-state index >= 15 is 0 Å². The maximum absolute atomic E-state index is 4.70. The maximum atomic E-state index is 4.70. The van der Waals surface area contributed by atoms with E-state index in [1.807, 2.05) is 32.0 Å². The van der Waals surface area contributed by atoms with Gasteiger partial charge in [-0.05, 0) is 44.2 Å².